The zero-order chi connectivity index (χ0) is 19.8. The molecule has 2 aromatic rings. The van der Waals surface area contributed by atoms with Gasteiger partial charge in [0.25, 0.3) is 0 Å². The maximum absolute atomic E-state index is 12.7. The molecule has 0 bridgehead atoms. The lowest BCUT2D eigenvalue weighted by molar-refractivity contribution is -0.137. The molecule has 0 aliphatic carbocycles. The number of benzene rings is 2. The molecule has 0 aromatic heterocycles. The SMILES string of the molecule is CCS(=O)(=O)c1cc(-c2ccc(C(F)(F)F)cc2)ccc1C(C)(Br)C=O. The van der Waals surface area contributed by atoms with Crippen molar-refractivity contribution in [2.24, 2.45) is 0 Å². The van der Waals surface area contributed by atoms with Gasteiger partial charge in [0.1, 0.15) is 10.6 Å². The number of carbonyl (C=O) groups is 1. The van der Waals surface area contributed by atoms with E-state index in [0.717, 1.165) is 12.1 Å². The summed E-state index contributed by atoms with van der Waals surface area (Å²) in [5.74, 6) is -0.168. The Morgan fingerprint density at radius 1 is 1.04 bits per heavy atom. The van der Waals surface area contributed by atoms with Crippen LogP contribution in [-0.4, -0.2) is 20.5 Å². The first kappa shape index (κ1) is 20.6. The van der Waals surface area contributed by atoms with Gasteiger partial charge in [-0.1, -0.05) is 47.1 Å². The van der Waals surface area contributed by atoms with E-state index in [1.54, 1.807) is 6.07 Å². The normalized spacial score (nSPS) is 14.7. The highest BCUT2D eigenvalue weighted by Gasteiger charge is 2.31. The minimum atomic E-state index is -4.44. The first-order valence-electron chi connectivity index (χ1n) is 7.62. The molecule has 0 heterocycles. The minimum absolute atomic E-state index is 0.0242. The fourth-order valence-corrected chi connectivity index (χ4v) is 4.14. The van der Waals surface area contributed by atoms with Crippen LogP contribution in [0.15, 0.2) is 47.4 Å². The number of hydrogen-bond donors (Lipinski definition) is 0. The quantitative estimate of drug-likeness (QED) is 0.478. The summed E-state index contributed by atoms with van der Waals surface area (Å²) in [7, 11) is -3.65. The van der Waals surface area contributed by atoms with Gasteiger partial charge in [-0.3, -0.25) is 0 Å². The van der Waals surface area contributed by atoms with Crippen molar-refractivity contribution in [3.63, 3.8) is 0 Å². The Bertz CT molecular complexity index is 918. The number of sulfone groups is 1. The van der Waals surface area contributed by atoms with Crippen LogP contribution in [0.2, 0.25) is 0 Å². The van der Waals surface area contributed by atoms with Crippen molar-refractivity contribution in [1.29, 1.82) is 0 Å². The van der Waals surface area contributed by atoms with Crippen molar-refractivity contribution in [2.45, 2.75) is 29.2 Å². The molecule has 2 aromatic carbocycles. The standard InChI is InChI=1S/C18H16BrF3O3S/c1-3-26(24,25)16-10-13(6-9-15(16)17(2,19)11-23)12-4-7-14(8-5-12)18(20,21)22/h4-11H,3H2,1-2H3. The van der Waals surface area contributed by atoms with Crippen LogP contribution in [0.1, 0.15) is 25.0 Å². The average Bonchev–Trinajstić information content (AvgIpc) is 2.60. The Balaban J connectivity index is 2.63. The van der Waals surface area contributed by atoms with Gasteiger partial charge < -0.3 is 4.79 Å². The zero-order valence-electron chi connectivity index (χ0n) is 14.0. The molecule has 26 heavy (non-hydrogen) atoms. The van der Waals surface area contributed by atoms with Gasteiger partial charge in [0.15, 0.2) is 9.84 Å². The van der Waals surface area contributed by atoms with E-state index in [0.29, 0.717) is 17.4 Å². The molecule has 0 saturated heterocycles. The van der Waals surface area contributed by atoms with Gasteiger partial charge in [0.2, 0.25) is 0 Å². The monoisotopic (exact) mass is 448 g/mol. The van der Waals surface area contributed by atoms with Gasteiger partial charge in [0, 0.05) is 0 Å². The van der Waals surface area contributed by atoms with Crippen LogP contribution in [0, 0.1) is 0 Å². The predicted octanol–water partition coefficient (Wildman–Crippen LogP) is 4.98. The summed E-state index contributed by atoms with van der Waals surface area (Å²) in [6.45, 7) is 3.01. The average molecular weight is 449 g/mol. The van der Waals surface area contributed by atoms with Crippen LogP contribution in [0.25, 0.3) is 11.1 Å². The van der Waals surface area contributed by atoms with E-state index < -0.39 is 25.9 Å². The molecule has 2 rings (SSSR count). The Labute approximate surface area is 158 Å². The van der Waals surface area contributed by atoms with Gasteiger partial charge in [-0.15, -0.1) is 0 Å². The number of alkyl halides is 4. The largest absolute Gasteiger partial charge is 0.416 e. The Morgan fingerprint density at radius 3 is 2.04 bits per heavy atom. The van der Waals surface area contributed by atoms with Crippen LogP contribution in [0.5, 0.6) is 0 Å². The second-order valence-electron chi connectivity index (χ2n) is 5.88. The number of carbonyl (C=O) groups excluding carboxylic acids is 1. The van der Waals surface area contributed by atoms with Crippen molar-refractivity contribution in [3.05, 3.63) is 53.6 Å². The minimum Gasteiger partial charge on any atom is -0.301 e. The van der Waals surface area contributed by atoms with Gasteiger partial charge in [-0.25, -0.2) is 8.42 Å². The van der Waals surface area contributed by atoms with E-state index in [1.165, 1.54) is 38.1 Å². The Morgan fingerprint density at radius 2 is 1.58 bits per heavy atom. The first-order chi connectivity index (χ1) is 11.9. The number of rotatable bonds is 5. The summed E-state index contributed by atoms with van der Waals surface area (Å²) in [5, 5.41) is 0. The van der Waals surface area contributed by atoms with Crippen molar-refractivity contribution < 1.29 is 26.4 Å². The third-order valence-corrected chi connectivity index (χ3v) is 6.37. The number of hydrogen-bond acceptors (Lipinski definition) is 3. The lowest BCUT2D eigenvalue weighted by Gasteiger charge is -2.20. The first-order valence-corrected chi connectivity index (χ1v) is 10.1. The fraction of sp³-hybridized carbons (Fsp3) is 0.278. The highest BCUT2D eigenvalue weighted by atomic mass is 79.9. The molecule has 0 radical (unpaired) electrons. The summed E-state index contributed by atoms with van der Waals surface area (Å²) in [4.78, 5) is 11.3. The molecule has 0 fully saturated rings. The molecule has 1 unspecified atom stereocenters. The van der Waals surface area contributed by atoms with Crippen molar-refractivity contribution in [2.75, 3.05) is 5.75 Å². The van der Waals surface area contributed by atoms with E-state index in [1.807, 2.05) is 0 Å². The molecule has 140 valence electrons. The van der Waals surface area contributed by atoms with Crippen LogP contribution >= 0.6 is 15.9 Å². The number of halogens is 4. The molecule has 0 aliphatic heterocycles. The topological polar surface area (TPSA) is 51.2 Å². The maximum Gasteiger partial charge on any atom is 0.416 e. The second kappa shape index (κ2) is 7.15. The molecule has 0 amide bonds. The van der Waals surface area contributed by atoms with Gasteiger partial charge in [0.05, 0.1) is 16.2 Å². The van der Waals surface area contributed by atoms with E-state index in [9.17, 15) is 26.4 Å². The smallest absolute Gasteiger partial charge is 0.301 e. The third kappa shape index (κ3) is 4.17. The Hall–Kier alpha value is -1.67. The summed E-state index contributed by atoms with van der Waals surface area (Å²) in [6.07, 6.45) is -3.85. The van der Waals surface area contributed by atoms with E-state index in [4.69, 9.17) is 0 Å². The maximum atomic E-state index is 12.7. The van der Waals surface area contributed by atoms with Crippen LogP contribution in [0.4, 0.5) is 13.2 Å². The second-order valence-corrected chi connectivity index (χ2v) is 9.78. The molecule has 0 N–H and O–H groups in total. The van der Waals surface area contributed by atoms with Crippen LogP contribution < -0.4 is 0 Å². The van der Waals surface area contributed by atoms with Gasteiger partial charge >= 0.3 is 6.18 Å². The third-order valence-electron chi connectivity index (χ3n) is 3.99. The van der Waals surface area contributed by atoms with Crippen molar-refractivity contribution in [3.8, 4) is 11.1 Å². The van der Waals surface area contributed by atoms with Crippen LogP contribution in [0.3, 0.4) is 0 Å². The van der Waals surface area contributed by atoms with Crippen molar-refractivity contribution >= 4 is 32.1 Å². The molecule has 3 nitrogen and oxygen atoms in total. The lowest BCUT2D eigenvalue weighted by atomic mass is 9.97. The molecule has 0 aliphatic rings. The lowest BCUT2D eigenvalue weighted by Crippen LogP contribution is -2.20. The fourth-order valence-electron chi connectivity index (χ4n) is 2.43. The van der Waals surface area contributed by atoms with Crippen LogP contribution in [-0.2, 0) is 25.1 Å². The molecule has 8 heteroatoms. The molecule has 0 saturated carbocycles. The summed E-state index contributed by atoms with van der Waals surface area (Å²) >= 11 is 3.22. The van der Waals surface area contributed by atoms with E-state index in [2.05, 4.69) is 15.9 Å². The van der Waals surface area contributed by atoms with E-state index in [-0.39, 0.29) is 16.2 Å². The van der Waals surface area contributed by atoms with Gasteiger partial charge in [-0.05, 0) is 41.8 Å². The zero-order valence-corrected chi connectivity index (χ0v) is 16.4. The predicted molar refractivity (Wildman–Crippen MR) is 96.9 cm³/mol. The highest BCUT2D eigenvalue weighted by Crippen LogP contribution is 2.37. The van der Waals surface area contributed by atoms with Crippen molar-refractivity contribution in [1.82, 2.24) is 0 Å². The van der Waals surface area contributed by atoms with E-state index >= 15 is 0 Å². The highest BCUT2D eigenvalue weighted by molar-refractivity contribution is 9.10. The Kier molecular flexibility index (Phi) is 5.68. The summed E-state index contributed by atoms with van der Waals surface area (Å²) in [6, 6.07) is 8.92. The van der Waals surface area contributed by atoms with Gasteiger partial charge in [-0.2, -0.15) is 13.2 Å². The summed E-state index contributed by atoms with van der Waals surface area (Å²) in [5.41, 5.74) is 0.390. The number of aldehydes is 1. The molecule has 1 atom stereocenters. The summed E-state index contributed by atoms with van der Waals surface area (Å²) < 4.78 is 61.8. The molecular weight excluding hydrogens is 433 g/mol. The molecular formula is C18H16BrF3O3S. The molecule has 0 spiro atoms.